The smallest absolute Gasteiger partial charge is 0.255 e. The molecule has 0 bridgehead atoms. The van der Waals surface area contributed by atoms with Gasteiger partial charge in [-0.2, -0.15) is 0 Å². The Kier molecular flexibility index (Phi) is 6.70. The minimum absolute atomic E-state index is 0.116. The van der Waals surface area contributed by atoms with E-state index in [1.165, 1.54) is 41.7 Å². The minimum Gasteiger partial charge on any atom is -0.322 e. The highest BCUT2D eigenvalue weighted by Crippen LogP contribution is 2.22. The van der Waals surface area contributed by atoms with E-state index in [0.717, 1.165) is 16.8 Å². The van der Waals surface area contributed by atoms with Gasteiger partial charge in [0.2, 0.25) is 20.0 Å². The molecule has 0 aliphatic rings. The Balaban J connectivity index is 2.21. The molecule has 0 unspecified atom stereocenters. The molecule has 0 radical (unpaired) electrons. The van der Waals surface area contributed by atoms with E-state index in [4.69, 9.17) is 0 Å². The number of anilines is 3. The topological polar surface area (TPSA) is 104 Å². The van der Waals surface area contributed by atoms with E-state index in [1.54, 1.807) is 24.3 Å². The SMILES string of the molecule is C=CCN(c1ccc(C(=O)Nc2cccc(N(C)S(C)(=O)=O)c2)cc1)S(C)(=O)=O. The standard InChI is InChI=1S/C19H23N3O5S2/c1-5-13-22(29(4,26)27)17-11-9-15(10-12-17)19(23)20-16-7-6-8-18(14-16)21(2)28(3,24)25/h5-12,14H,1,13H2,2-4H3,(H,20,23). The molecule has 2 rings (SSSR count). The van der Waals surface area contributed by atoms with E-state index in [2.05, 4.69) is 11.9 Å². The van der Waals surface area contributed by atoms with Crippen LogP contribution in [0.25, 0.3) is 0 Å². The van der Waals surface area contributed by atoms with Gasteiger partial charge < -0.3 is 5.32 Å². The van der Waals surface area contributed by atoms with Crippen molar-refractivity contribution in [2.45, 2.75) is 0 Å². The number of sulfonamides is 2. The zero-order chi connectivity index (χ0) is 21.8. The summed E-state index contributed by atoms with van der Waals surface area (Å²) in [7, 11) is -5.48. The molecule has 0 saturated heterocycles. The predicted molar refractivity (Wildman–Crippen MR) is 116 cm³/mol. The number of rotatable bonds is 8. The maximum Gasteiger partial charge on any atom is 0.255 e. The second kappa shape index (κ2) is 8.66. The van der Waals surface area contributed by atoms with Crippen molar-refractivity contribution in [3.63, 3.8) is 0 Å². The van der Waals surface area contributed by atoms with Crippen LogP contribution in [0.2, 0.25) is 0 Å². The van der Waals surface area contributed by atoms with Gasteiger partial charge >= 0.3 is 0 Å². The van der Waals surface area contributed by atoms with Gasteiger partial charge in [0, 0.05) is 18.3 Å². The molecule has 0 aliphatic heterocycles. The molecular weight excluding hydrogens is 414 g/mol. The Morgan fingerprint density at radius 3 is 2.14 bits per heavy atom. The summed E-state index contributed by atoms with van der Waals surface area (Å²) in [5, 5.41) is 2.70. The zero-order valence-corrected chi connectivity index (χ0v) is 18.0. The molecule has 0 fully saturated rings. The van der Waals surface area contributed by atoms with Crippen LogP contribution in [0.5, 0.6) is 0 Å². The highest BCUT2D eigenvalue weighted by molar-refractivity contribution is 7.92. The summed E-state index contributed by atoms with van der Waals surface area (Å²) in [4.78, 5) is 12.5. The van der Waals surface area contributed by atoms with Crippen molar-refractivity contribution in [1.82, 2.24) is 0 Å². The highest BCUT2D eigenvalue weighted by Gasteiger charge is 2.17. The van der Waals surface area contributed by atoms with E-state index < -0.39 is 26.0 Å². The molecule has 0 saturated carbocycles. The van der Waals surface area contributed by atoms with Crippen LogP contribution in [0.3, 0.4) is 0 Å². The molecule has 8 nitrogen and oxygen atoms in total. The van der Waals surface area contributed by atoms with Crippen molar-refractivity contribution in [1.29, 1.82) is 0 Å². The van der Waals surface area contributed by atoms with Crippen molar-refractivity contribution in [3.8, 4) is 0 Å². The van der Waals surface area contributed by atoms with E-state index >= 15 is 0 Å². The third kappa shape index (κ3) is 5.81. The Bertz CT molecular complexity index is 1110. The lowest BCUT2D eigenvalue weighted by Crippen LogP contribution is -2.29. The largest absolute Gasteiger partial charge is 0.322 e. The summed E-state index contributed by atoms with van der Waals surface area (Å²) in [6.07, 6.45) is 3.66. The van der Waals surface area contributed by atoms with E-state index in [9.17, 15) is 21.6 Å². The van der Waals surface area contributed by atoms with E-state index in [-0.39, 0.29) is 6.54 Å². The quantitative estimate of drug-likeness (QED) is 0.638. The molecule has 1 amide bonds. The average Bonchev–Trinajstić information content (AvgIpc) is 2.64. The fourth-order valence-electron chi connectivity index (χ4n) is 2.50. The van der Waals surface area contributed by atoms with Crippen molar-refractivity contribution in [2.75, 3.05) is 40.0 Å². The summed E-state index contributed by atoms with van der Waals surface area (Å²) in [5.74, 6) is -0.412. The van der Waals surface area contributed by atoms with Crippen LogP contribution in [0.15, 0.2) is 61.2 Å². The van der Waals surface area contributed by atoms with Crippen LogP contribution in [0.4, 0.5) is 17.1 Å². The van der Waals surface area contributed by atoms with Crippen LogP contribution in [0.1, 0.15) is 10.4 Å². The molecule has 0 spiro atoms. The second-order valence-electron chi connectivity index (χ2n) is 6.36. The number of hydrogen-bond donors (Lipinski definition) is 1. The molecule has 10 heteroatoms. The first kappa shape index (κ1) is 22.4. The molecule has 0 aromatic heterocycles. The summed E-state index contributed by atoms with van der Waals surface area (Å²) in [6, 6.07) is 12.5. The van der Waals surface area contributed by atoms with Gasteiger partial charge in [-0.25, -0.2) is 16.8 Å². The van der Waals surface area contributed by atoms with Crippen LogP contribution in [-0.2, 0) is 20.0 Å². The van der Waals surface area contributed by atoms with Gasteiger partial charge in [-0.3, -0.25) is 13.4 Å². The average molecular weight is 438 g/mol. The predicted octanol–water partition coefficient (Wildman–Crippen LogP) is 2.29. The lowest BCUT2D eigenvalue weighted by atomic mass is 10.2. The Morgan fingerprint density at radius 1 is 1.00 bits per heavy atom. The van der Waals surface area contributed by atoms with Gasteiger partial charge in [0.25, 0.3) is 5.91 Å². The normalized spacial score (nSPS) is 11.6. The number of carbonyl (C=O) groups excluding carboxylic acids is 1. The van der Waals surface area contributed by atoms with Crippen LogP contribution in [0, 0.1) is 0 Å². The number of nitrogens with one attached hydrogen (secondary N) is 1. The summed E-state index contributed by atoms with van der Waals surface area (Å²) in [5.41, 5.74) is 1.58. The van der Waals surface area contributed by atoms with Crippen molar-refractivity contribution < 1.29 is 21.6 Å². The molecular formula is C19H23N3O5S2. The van der Waals surface area contributed by atoms with Gasteiger partial charge in [-0.15, -0.1) is 6.58 Å². The first-order valence-electron chi connectivity index (χ1n) is 8.47. The molecule has 29 heavy (non-hydrogen) atoms. The second-order valence-corrected chi connectivity index (χ2v) is 10.3. The third-order valence-corrected chi connectivity index (χ3v) is 6.44. The van der Waals surface area contributed by atoms with Crippen LogP contribution in [-0.4, -0.2) is 48.8 Å². The number of amides is 1. The summed E-state index contributed by atoms with van der Waals surface area (Å²) < 4.78 is 49.4. The van der Waals surface area contributed by atoms with Gasteiger partial charge in [-0.1, -0.05) is 12.1 Å². The monoisotopic (exact) mass is 437 g/mol. The highest BCUT2D eigenvalue weighted by atomic mass is 32.2. The minimum atomic E-state index is -3.48. The zero-order valence-electron chi connectivity index (χ0n) is 16.4. The molecule has 0 atom stereocenters. The number of hydrogen-bond acceptors (Lipinski definition) is 5. The molecule has 0 aliphatic carbocycles. The molecule has 156 valence electrons. The van der Waals surface area contributed by atoms with E-state index in [0.29, 0.717) is 22.6 Å². The summed E-state index contributed by atoms with van der Waals surface area (Å²) in [6.45, 7) is 3.67. The lowest BCUT2D eigenvalue weighted by molar-refractivity contribution is 0.102. The number of carbonyl (C=O) groups is 1. The fourth-order valence-corrected chi connectivity index (χ4v) is 3.88. The maximum atomic E-state index is 12.5. The third-order valence-electron chi connectivity index (χ3n) is 4.08. The summed E-state index contributed by atoms with van der Waals surface area (Å²) >= 11 is 0. The molecule has 0 heterocycles. The van der Waals surface area contributed by atoms with Gasteiger partial charge in [0.05, 0.1) is 30.4 Å². The number of benzene rings is 2. The molecule has 2 aromatic carbocycles. The Morgan fingerprint density at radius 2 is 1.62 bits per heavy atom. The first-order valence-corrected chi connectivity index (χ1v) is 12.2. The van der Waals surface area contributed by atoms with E-state index in [1.807, 2.05) is 0 Å². The van der Waals surface area contributed by atoms with Crippen molar-refractivity contribution in [2.24, 2.45) is 0 Å². The van der Waals surface area contributed by atoms with Crippen molar-refractivity contribution in [3.05, 3.63) is 66.7 Å². The molecule has 2 aromatic rings. The maximum absolute atomic E-state index is 12.5. The Labute approximate surface area is 171 Å². The fraction of sp³-hybridized carbons (Fsp3) is 0.211. The van der Waals surface area contributed by atoms with Gasteiger partial charge in [0.15, 0.2) is 0 Å². The Hall–Kier alpha value is -2.85. The number of nitrogens with zero attached hydrogens (tertiary/aromatic N) is 2. The van der Waals surface area contributed by atoms with Crippen LogP contribution < -0.4 is 13.9 Å². The van der Waals surface area contributed by atoms with Crippen molar-refractivity contribution >= 4 is 43.0 Å². The van der Waals surface area contributed by atoms with Crippen LogP contribution >= 0.6 is 0 Å². The first-order chi connectivity index (χ1) is 13.4. The van der Waals surface area contributed by atoms with Gasteiger partial charge in [0.1, 0.15) is 0 Å². The molecule has 1 N–H and O–H groups in total. The van der Waals surface area contributed by atoms with Gasteiger partial charge in [-0.05, 0) is 42.5 Å². The lowest BCUT2D eigenvalue weighted by Gasteiger charge is -2.20.